The molecule has 1 saturated heterocycles. The number of carboxylic acid groups (broad SMARTS) is 1. The molecule has 7 rings (SSSR count). The number of rotatable bonds is 33. The molecule has 4 aliphatic heterocycles. The van der Waals surface area contributed by atoms with E-state index in [0.29, 0.717) is 77.2 Å². The number of carbonyl (C=O) groups is 3. The van der Waals surface area contributed by atoms with Crippen LogP contribution >= 0.6 is 0 Å². The summed E-state index contributed by atoms with van der Waals surface area (Å²) < 4.78 is 121. The fourth-order valence-electron chi connectivity index (χ4n) is 9.20. The van der Waals surface area contributed by atoms with Crippen molar-refractivity contribution in [2.45, 2.75) is 93.5 Å². The van der Waals surface area contributed by atoms with Crippen LogP contribution in [0.3, 0.4) is 0 Å². The van der Waals surface area contributed by atoms with Crippen LogP contribution < -0.4 is 25.4 Å². The first-order valence-electron chi connectivity index (χ1n) is 26.1. The number of hydroxylamine groups is 2. The fraction of sp³-hybridized carbons (Fsp3) is 0.566. The highest BCUT2D eigenvalue weighted by Gasteiger charge is 2.46. The second-order valence-corrected chi connectivity index (χ2v) is 23.1. The lowest BCUT2D eigenvalue weighted by molar-refractivity contribution is -0.181. The topological polar surface area (TPSA) is 316 Å². The van der Waals surface area contributed by atoms with Crippen molar-refractivity contribution in [1.82, 2.24) is 9.79 Å². The molecule has 3 aromatic carbocycles. The number of carboxylic acids is 1. The molecule has 24 nitrogen and oxygen atoms in total. The van der Waals surface area contributed by atoms with E-state index < -0.39 is 59.8 Å². The van der Waals surface area contributed by atoms with Crippen LogP contribution in [0.5, 0.6) is 11.5 Å². The number of hydrogen-bond donors (Lipinski definition) is 5. The van der Waals surface area contributed by atoms with Crippen molar-refractivity contribution in [3.05, 3.63) is 74.8 Å². The summed E-state index contributed by atoms with van der Waals surface area (Å²) in [6, 6.07) is 8.91. The van der Waals surface area contributed by atoms with Crippen LogP contribution in [0.2, 0.25) is 0 Å². The summed E-state index contributed by atoms with van der Waals surface area (Å²) in [6.07, 6.45) is 0.359. The Bertz CT molecular complexity index is 3080. The van der Waals surface area contributed by atoms with Crippen LogP contribution in [-0.4, -0.2) is 180 Å². The van der Waals surface area contributed by atoms with E-state index in [0.717, 1.165) is 5.06 Å². The van der Waals surface area contributed by atoms with Gasteiger partial charge < -0.3 is 57.9 Å². The number of nitrogens with zero attached hydrogens (tertiary/aromatic N) is 2. The summed E-state index contributed by atoms with van der Waals surface area (Å²) in [5.74, 6) is -3.01. The SMILES string of the molecule is CC1N=c2c(cc3c(c2S(=O)(=O)O)Oc2c(cc4c(c2S(=O)(=O)NCCOCCOCCOCCOCCOCCOCCOCCOCCC(=O)ON2C(=N)CCC2=O)NC(C)C4(C)C)C=3c2ccccc2C(=O)O)C1(C)C. The molecule has 4 aliphatic rings. The number of nitrogens with one attached hydrogen (secondary N) is 3. The lowest BCUT2D eigenvalue weighted by Gasteiger charge is -2.29. The van der Waals surface area contributed by atoms with Crippen LogP contribution in [0.25, 0.3) is 5.57 Å². The van der Waals surface area contributed by atoms with Gasteiger partial charge in [-0.3, -0.25) is 19.7 Å². The quantitative estimate of drug-likeness (QED) is 0.0338. The fourth-order valence-corrected chi connectivity index (χ4v) is 11.3. The van der Waals surface area contributed by atoms with Crippen LogP contribution in [0, 0.1) is 5.41 Å². The van der Waals surface area contributed by atoms with E-state index in [1.165, 1.54) is 6.07 Å². The lowest BCUT2D eigenvalue weighted by atomic mass is 9.78. The summed E-state index contributed by atoms with van der Waals surface area (Å²) >= 11 is 0. The van der Waals surface area contributed by atoms with Crippen molar-refractivity contribution in [3.8, 4) is 11.5 Å². The maximum atomic E-state index is 14.7. The normalized spacial score (nSPS) is 17.9. The predicted molar refractivity (Wildman–Crippen MR) is 283 cm³/mol. The molecule has 4 heterocycles. The molecule has 0 saturated carbocycles. The highest BCUT2D eigenvalue weighted by molar-refractivity contribution is 7.89. The van der Waals surface area contributed by atoms with Crippen molar-refractivity contribution in [3.63, 3.8) is 0 Å². The summed E-state index contributed by atoms with van der Waals surface area (Å²) in [4.78, 5) is 44.8. The minimum Gasteiger partial charge on any atom is -0.478 e. The number of aromatic carboxylic acids is 1. The lowest BCUT2D eigenvalue weighted by Crippen LogP contribution is -2.34. The Morgan fingerprint density at radius 3 is 1.78 bits per heavy atom. The first-order chi connectivity index (χ1) is 37.6. The van der Waals surface area contributed by atoms with Gasteiger partial charge in [-0.25, -0.2) is 22.7 Å². The number of ether oxygens (including phenoxy) is 9. The van der Waals surface area contributed by atoms with E-state index in [1.807, 2.05) is 41.5 Å². The Labute approximate surface area is 459 Å². The molecule has 0 spiro atoms. The van der Waals surface area contributed by atoms with Crippen molar-refractivity contribution < 1.29 is 88.3 Å². The van der Waals surface area contributed by atoms with E-state index in [9.17, 15) is 40.9 Å². The number of amides is 1. The largest absolute Gasteiger partial charge is 0.478 e. The molecule has 0 radical (unpaired) electrons. The Morgan fingerprint density at radius 1 is 0.734 bits per heavy atom. The maximum Gasteiger partial charge on any atom is 0.336 e. The van der Waals surface area contributed by atoms with Crippen LogP contribution in [-0.2, 0) is 83.3 Å². The number of carbonyl (C=O) groups excluding carboxylic acids is 2. The van der Waals surface area contributed by atoms with Gasteiger partial charge in [0.2, 0.25) is 10.0 Å². The number of anilines is 1. The van der Waals surface area contributed by atoms with Gasteiger partial charge in [-0.1, -0.05) is 45.9 Å². The van der Waals surface area contributed by atoms with Gasteiger partial charge >= 0.3 is 11.9 Å². The zero-order chi connectivity index (χ0) is 57.1. The molecular weight excluding hydrogens is 1070 g/mol. The van der Waals surface area contributed by atoms with Crippen molar-refractivity contribution in [1.29, 1.82) is 5.41 Å². The first kappa shape index (κ1) is 61.1. The van der Waals surface area contributed by atoms with E-state index in [-0.39, 0.29) is 132 Å². The molecular formula is C53H71N5O19S2. The van der Waals surface area contributed by atoms with Gasteiger partial charge in [-0.15, -0.1) is 5.06 Å². The Kier molecular flexibility index (Phi) is 20.8. The molecule has 434 valence electrons. The van der Waals surface area contributed by atoms with Crippen LogP contribution in [0.4, 0.5) is 5.69 Å². The second kappa shape index (κ2) is 26.9. The standard InChI is InChI=1S/C53H71N5O19S2/c1-33-52(3,4)39-31-37-44(35-9-7-8-10-36(35)51(61)62)38-32-40-46(57-34(2)53(40,5)6)50(79(65,66)67)48(38)76-47(37)49(45(39)56-33)78(63,64)55-14-16-69-18-20-71-22-24-73-26-28-75-30-29-74-27-25-72-23-21-70-19-17-68-15-13-43(60)77-58-41(54)11-12-42(58)59/h7-10,31-34,54-56H,11-30H2,1-6H3,(H,61,62)(H,65,66,67). The van der Waals surface area contributed by atoms with Crippen molar-refractivity contribution in [2.75, 3.05) is 118 Å². The van der Waals surface area contributed by atoms with E-state index >= 15 is 0 Å². The van der Waals surface area contributed by atoms with E-state index in [2.05, 4.69) is 15.0 Å². The zero-order valence-corrected chi connectivity index (χ0v) is 46.9. The van der Waals surface area contributed by atoms with Gasteiger partial charge in [0.1, 0.15) is 10.7 Å². The molecule has 0 aliphatic carbocycles. The van der Waals surface area contributed by atoms with Crippen LogP contribution in [0.1, 0.15) is 93.4 Å². The molecule has 2 unspecified atom stereocenters. The van der Waals surface area contributed by atoms with Gasteiger partial charge in [0.05, 0.1) is 135 Å². The summed E-state index contributed by atoms with van der Waals surface area (Å²) in [7, 11) is -9.64. The average molecular weight is 1150 g/mol. The van der Waals surface area contributed by atoms with E-state index in [1.54, 1.807) is 30.3 Å². The highest BCUT2D eigenvalue weighted by atomic mass is 32.2. The first-order valence-corrected chi connectivity index (χ1v) is 29.0. The Morgan fingerprint density at radius 2 is 1.27 bits per heavy atom. The minimum absolute atomic E-state index is 0.0235. The molecule has 79 heavy (non-hydrogen) atoms. The van der Waals surface area contributed by atoms with Gasteiger partial charge in [0.15, 0.2) is 16.4 Å². The number of benzene rings is 3. The van der Waals surface area contributed by atoms with Crippen molar-refractivity contribution in [2.24, 2.45) is 4.99 Å². The number of fused-ring (bicyclic) bond motifs is 4. The third kappa shape index (κ3) is 14.5. The molecule has 2 atom stereocenters. The summed E-state index contributed by atoms with van der Waals surface area (Å²) in [5.41, 5.74) is 0.386. The van der Waals surface area contributed by atoms with Gasteiger partial charge in [-0.2, -0.15) is 8.42 Å². The highest BCUT2D eigenvalue weighted by Crippen LogP contribution is 2.53. The Hall–Kier alpha value is -5.49. The molecule has 26 heteroatoms. The second-order valence-electron chi connectivity index (χ2n) is 20.0. The Balaban J connectivity index is 0.819. The number of sulfonamides is 1. The predicted octanol–water partition coefficient (Wildman–Crippen LogP) is 3.23. The number of amidine groups is 1. The maximum absolute atomic E-state index is 14.7. The minimum atomic E-state index is -5.10. The monoisotopic (exact) mass is 1150 g/mol. The van der Waals surface area contributed by atoms with Crippen molar-refractivity contribution >= 4 is 55.1 Å². The van der Waals surface area contributed by atoms with Gasteiger partial charge in [0.25, 0.3) is 16.0 Å². The summed E-state index contributed by atoms with van der Waals surface area (Å²) in [5, 5.41) is 22.2. The third-order valence-corrected chi connectivity index (χ3v) is 16.6. The third-order valence-electron chi connectivity index (χ3n) is 14.2. The molecule has 3 aromatic rings. The van der Waals surface area contributed by atoms with Crippen LogP contribution in [0.15, 0.2) is 51.2 Å². The number of hydrogen-bond acceptors (Lipinski definition) is 20. The molecule has 1 fully saturated rings. The van der Waals surface area contributed by atoms with Gasteiger partial charge in [-0.05, 0) is 48.7 Å². The van der Waals surface area contributed by atoms with E-state index in [4.69, 9.17) is 52.9 Å². The molecule has 1 amide bonds. The smallest absolute Gasteiger partial charge is 0.336 e. The zero-order valence-electron chi connectivity index (χ0n) is 45.3. The van der Waals surface area contributed by atoms with Gasteiger partial charge in [0, 0.05) is 52.6 Å². The molecule has 0 bridgehead atoms. The average Bonchev–Trinajstić information content (AvgIpc) is 3.65. The summed E-state index contributed by atoms with van der Waals surface area (Å²) in [6.45, 7) is 15.7. The molecule has 0 aromatic heterocycles. The molecule has 5 N–H and O–H groups in total.